The lowest BCUT2D eigenvalue weighted by molar-refractivity contribution is 0.0997. The molecule has 0 aliphatic rings. The average Bonchev–Trinajstić information content (AvgIpc) is 3.21. The first-order valence-electron chi connectivity index (χ1n) is 6.64. The summed E-state index contributed by atoms with van der Waals surface area (Å²) in [6.45, 7) is 0. The van der Waals surface area contributed by atoms with Crippen molar-refractivity contribution in [1.82, 2.24) is 25.0 Å². The van der Waals surface area contributed by atoms with E-state index >= 15 is 0 Å². The van der Waals surface area contributed by atoms with Crippen LogP contribution in [0.15, 0.2) is 34.7 Å². The van der Waals surface area contributed by atoms with Crippen LogP contribution in [0.5, 0.6) is 0 Å². The molecule has 0 aliphatic heterocycles. The molecule has 4 aromatic rings. The molecule has 0 atom stereocenters. The second kappa shape index (κ2) is 5.28. The summed E-state index contributed by atoms with van der Waals surface area (Å²) in [6.07, 6.45) is 1.94. The third-order valence-electron chi connectivity index (χ3n) is 3.44. The molecule has 23 heavy (non-hydrogen) atoms. The summed E-state index contributed by atoms with van der Waals surface area (Å²) in [5.74, 6) is -0.619. The largest absolute Gasteiger partial charge is 0.364 e. The molecule has 114 valence electrons. The van der Waals surface area contributed by atoms with Gasteiger partial charge in [-0.1, -0.05) is 46.5 Å². The van der Waals surface area contributed by atoms with Crippen molar-refractivity contribution < 1.29 is 4.79 Å². The molecule has 0 saturated carbocycles. The van der Waals surface area contributed by atoms with Gasteiger partial charge in [-0.15, -0.1) is 15.3 Å². The molecule has 0 radical (unpaired) electrons. The molecule has 4 rings (SSSR count). The molecule has 7 nitrogen and oxygen atoms in total. The normalized spacial score (nSPS) is 11.3. The van der Waals surface area contributed by atoms with Gasteiger partial charge in [-0.2, -0.15) is 0 Å². The first-order valence-corrected chi connectivity index (χ1v) is 8.68. The van der Waals surface area contributed by atoms with Crippen LogP contribution in [-0.4, -0.2) is 37.2 Å². The monoisotopic (exact) mass is 342 g/mol. The molecule has 0 unspecified atom stereocenters. The second-order valence-electron chi connectivity index (χ2n) is 4.76. The Morgan fingerprint density at radius 2 is 2.09 bits per heavy atom. The van der Waals surface area contributed by atoms with E-state index in [9.17, 15) is 4.79 Å². The first-order chi connectivity index (χ1) is 11.2. The Morgan fingerprint density at radius 1 is 1.26 bits per heavy atom. The van der Waals surface area contributed by atoms with E-state index in [1.54, 1.807) is 4.52 Å². The van der Waals surface area contributed by atoms with Crippen LogP contribution >= 0.6 is 23.1 Å². The van der Waals surface area contributed by atoms with Crippen molar-refractivity contribution in [2.24, 2.45) is 5.73 Å². The SMILES string of the molecule is CSc1nnc(-c2cc3ccccc3n3nnc(C(N)=O)c23)s1. The molecule has 0 bridgehead atoms. The van der Waals surface area contributed by atoms with E-state index in [4.69, 9.17) is 5.73 Å². The number of thioether (sulfide) groups is 1. The van der Waals surface area contributed by atoms with Gasteiger partial charge in [0.2, 0.25) is 0 Å². The number of fused-ring (bicyclic) bond motifs is 3. The highest BCUT2D eigenvalue weighted by atomic mass is 32.2. The van der Waals surface area contributed by atoms with Crippen LogP contribution in [0.1, 0.15) is 10.5 Å². The van der Waals surface area contributed by atoms with Crippen molar-refractivity contribution in [3.8, 4) is 10.6 Å². The van der Waals surface area contributed by atoms with Gasteiger partial charge in [0, 0.05) is 10.9 Å². The van der Waals surface area contributed by atoms with Crippen LogP contribution in [0.2, 0.25) is 0 Å². The average molecular weight is 342 g/mol. The lowest BCUT2D eigenvalue weighted by Crippen LogP contribution is -2.12. The number of benzene rings is 1. The van der Waals surface area contributed by atoms with Crippen molar-refractivity contribution in [3.63, 3.8) is 0 Å². The van der Waals surface area contributed by atoms with Gasteiger partial charge in [0.05, 0.1) is 5.52 Å². The number of hydrogen-bond donors (Lipinski definition) is 1. The number of pyridine rings is 1. The van der Waals surface area contributed by atoms with Gasteiger partial charge >= 0.3 is 0 Å². The summed E-state index contributed by atoms with van der Waals surface area (Å²) in [5, 5.41) is 18.1. The number of primary amides is 1. The highest BCUT2D eigenvalue weighted by Gasteiger charge is 2.20. The van der Waals surface area contributed by atoms with E-state index in [0.717, 1.165) is 20.8 Å². The Kier molecular flexibility index (Phi) is 3.24. The smallest absolute Gasteiger partial charge is 0.271 e. The summed E-state index contributed by atoms with van der Waals surface area (Å²) in [5.41, 5.74) is 7.74. The maximum Gasteiger partial charge on any atom is 0.271 e. The molecule has 1 amide bonds. The topological polar surface area (TPSA) is 99.1 Å². The van der Waals surface area contributed by atoms with Crippen LogP contribution in [0.4, 0.5) is 0 Å². The summed E-state index contributed by atoms with van der Waals surface area (Å²) in [4.78, 5) is 11.7. The van der Waals surface area contributed by atoms with E-state index < -0.39 is 5.91 Å². The van der Waals surface area contributed by atoms with Crippen LogP contribution in [0.3, 0.4) is 0 Å². The minimum absolute atomic E-state index is 0.131. The zero-order valence-electron chi connectivity index (χ0n) is 11.9. The number of aromatic nitrogens is 5. The number of carbonyl (C=O) groups is 1. The second-order valence-corrected chi connectivity index (χ2v) is 6.79. The van der Waals surface area contributed by atoms with Gasteiger partial charge < -0.3 is 5.73 Å². The number of rotatable bonds is 3. The fourth-order valence-corrected chi connectivity index (χ4v) is 3.74. The summed E-state index contributed by atoms with van der Waals surface area (Å²) < 4.78 is 2.48. The number of nitrogens with two attached hydrogens (primary N) is 1. The zero-order chi connectivity index (χ0) is 16.0. The molecule has 3 heterocycles. The van der Waals surface area contributed by atoms with Crippen molar-refractivity contribution >= 4 is 45.4 Å². The Bertz CT molecular complexity index is 1050. The molecule has 0 spiro atoms. The summed E-state index contributed by atoms with van der Waals surface area (Å²) in [6, 6.07) is 9.70. The van der Waals surface area contributed by atoms with Crippen LogP contribution in [0, 0.1) is 0 Å². The highest BCUT2D eigenvalue weighted by Crippen LogP contribution is 2.34. The van der Waals surface area contributed by atoms with Crippen molar-refractivity contribution in [2.45, 2.75) is 4.34 Å². The lowest BCUT2D eigenvalue weighted by Gasteiger charge is -2.05. The molecule has 0 fully saturated rings. The third-order valence-corrected chi connectivity index (χ3v) is 5.37. The van der Waals surface area contributed by atoms with Crippen LogP contribution in [-0.2, 0) is 0 Å². The molecule has 0 aliphatic carbocycles. The molecule has 1 aromatic carbocycles. The Hall–Kier alpha value is -2.52. The summed E-state index contributed by atoms with van der Waals surface area (Å²) >= 11 is 2.97. The Labute approximate surface area is 138 Å². The molecule has 2 N–H and O–H groups in total. The van der Waals surface area contributed by atoms with Crippen molar-refractivity contribution in [3.05, 3.63) is 36.0 Å². The summed E-state index contributed by atoms with van der Waals surface area (Å²) in [7, 11) is 0. The lowest BCUT2D eigenvalue weighted by atomic mass is 10.1. The van der Waals surface area contributed by atoms with Gasteiger partial charge in [0.15, 0.2) is 15.0 Å². The van der Waals surface area contributed by atoms with Crippen molar-refractivity contribution in [1.29, 1.82) is 0 Å². The first kappa shape index (κ1) is 14.1. The van der Waals surface area contributed by atoms with Crippen molar-refractivity contribution in [2.75, 3.05) is 6.26 Å². The minimum Gasteiger partial charge on any atom is -0.364 e. The highest BCUT2D eigenvalue weighted by molar-refractivity contribution is 8.00. The van der Waals surface area contributed by atoms with Gasteiger partial charge in [-0.05, 0) is 18.4 Å². The fourth-order valence-electron chi connectivity index (χ4n) is 2.45. The predicted octanol–water partition coefficient (Wildman–Crippen LogP) is 2.22. The van der Waals surface area contributed by atoms with Gasteiger partial charge in [-0.25, -0.2) is 4.52 Å². The number of carbonyl (C=O) groups excluding carboxylic acids is 1. The van der Waals surface area contributed by atoms with Crippen LogP contribution in [0.25, 0.3) is 27.0 Å². The molecule has 0 saturated heterocycles. The van der Waals surface area contributed by atoms with E-state index in [1.165, 1.54) is 23.1 Å². The number of hydrogen-bond acceptors (Lipinski definition) is 7. The van der Waals surface area contributed by atoms with E-state index in [0.29, 0.717) is 10.5 Å². The Balaban J connectivity index is 2.14. The Morgan fingerprint density at radius 3 is 2.83 bits per heavy atom. The maximum atomic E-state index is 11.7. The quantitative estimate of drug-likeness (QED) is 0.573. The maximum absolute atomic E-state index is 11.7. The van der Waals surface area contributed by atoms with E-state index in [-0.39, 0.29) is 5.69 Å². The third kappa shape index (κ3) is 2.16. The molecular weight excluding hydrogens is 332 g/mol. The number of para-hydroxylation sites is 1. The number of nitrogens with zero attached hydrogens (tertiary/aromatic N) is 5. The molecule has 3 aromatic heterocycles. The predicted molar refractivity (Wildman–Crippen MR) is 89.7 cm³/mol. The minimum atomic E-state index is -0.619. The zero-order valence-corrected chi connectivity index (χ0v) is 13.6. The van der Waals surface area contributed by atoms with E-state index in [1.807, 2.05) is 36.6 Å². The van der Waals surface area contributed by atoms with Gasteiger partial charge in [0.25, 0.3) is 5.91 Å². The number of amides is 1. The van der Waals surface area contributed by atoms with Crippen LogP contribution < -0.4 is 5.73 Å². The standard InChI is InChI=1S/C14H10N6OS2/c1-22-14-18-17-13(23-14)8-6-7-4-2-3-5-9(7)20-11(8)10(12(15)21)16-19-20/h2-6H,1H3,(H2,15,21). The van der Waals surface area contributed by atoms with Gasteiger partial charge in [0.1, 0.15) is 5.52 Å². The molecule has 9 heteroatoms. The van der Waals surface area contributed by atoms with Gasteiger partial charge in [-0.3, -0.25) is 4.79 Å². The van der Waals surface area contributed by atoms with E-state index in [2.05, 4.69) is 20.5 Å². The molecular formula is C14H10N6OS2. The fraction of sp³-hybridized carbons (Fsp3) is 0.0714.